The van der Waals surface area contributed by atoms with Crippen molar-refractivity contribution in [2.45, 2.75) is 264 Å². The fraction of sp³-hybridized carbons (Fsp3) is 0.904. The van der Waals surface area contributed by atoms with Crippen LogP contribution in [-0.2, 0) is 18.4 Å². The lowest BCUT2D eigenvalue weighted by Crippen LogP contribution is -2.45. The third-order valence-corrected chi connectivity index (χ3v) is 12.9. The van der Waals surface area contributed by atoms with Crippen LogP contribution in [0.15, 0.2) is 24.3 Å². The van der Waals surface area contributed by atoms with Gasteiger partial charge < -0.3 is 19.8 Å². The number of aliphatic hydroxyl groups is 1. The molecule has 0 aliphatic carbocycles. The van der Waals surface area contributed by atoms with Crippen molar-refractivity contribution >= 4 is 13.7 Å². The molecule has 0 fully saturated rings. The lowest BCUT2D eigenvalue weighted by atomic mass is 10.0. The van der Waals surface area contributed by atoms with Gasteiger partial charge >= 0.3 is 7.82 Å². The van der Waals surface area contributed by atoms with Crippen LogP contribution in [0.4, 0.5) is 0 Å². The quantitative estimate of drug-likeness (QED) is 0.0243. The van der Waals surface area contributed by atoms with Crippen molar-refractivity contribution in [1.82, 2.24) is 5.32 Å². The first-order valence-corrected chi connectivity index (χ1v) is 27.7. The summed E-state index contributed by atoms with van der Waals surface area (Å²) in [6.45, 7) is 4.82. The van der Waals surface area contributed by atoms with Crippen molar-refractivity contribution in [2.24, 2.45) is 0 Å². The highest BCUT2D eigenvalue weighted by atomic mass is 31.2. The Balaban J connectivity index is 4.22. The van der Waals surface area contributed by atoms with Crippen LogP contribution in [0.1, 0.15) is 251 Å². The van der Waals surface area contributed by atoms with E-state index in [9.17, 15) is 19.4 Å². The molecule has 0 aromatic heterocycles. The van der Waals surface area contributed by atoms with Crippen LogP contribution in [0.3, 0.4) is 0 Å². The fourth-order valence-corrected chi connectivity index (χ4v) is 8.48. The number of allylic oxidation sites excluding steroid dienone is 3. The van der Waals surface area contributed by atoms with E-state index in [2.05, 4.69) is 31.3 Å². The molecule has 0 spiro atoms. The number of phosphoric ester groups is 1. The Hall–Kier alpha value is -1.02. The molecule has 0 aliphatic heterocycles. The number of aliphatic hydroxyl groups excluding tert-OH is 1. The third-order valence-electron chi connectivity index (χ3n) is 11.9. The zero-order valence-electron chi connectivity index (χ0n) is 41.2. The highest BCUT2D eigenvalue weighted by Crippen LogP contribution is 2.43. The Bertz CT molecular complexity index is 1050. The molecule has 8 nitrogen and oxygen atoms in total. The topological polar surface area (TPSA) is 105 Å². The molecule has 0 saturated carbocycles. The van der Waals surface area contributed by atoms with Gasteiger partial charge in [-0.25, -0.2) is 4.57 Å². The summed E-state index contributed by atoms with van der Waals surface area (Å²) < 4.78 is 23.6. The number of nitrogens with one attached hydrogen (secondary N) is 1. The van der Waals surface area contributed by atoms with Crippen LogP contribution < -0.4 is 5.32 Å². The zero-order chi connectivity index (χ0) is 45.0. The molecule has 3 atom stereocenters. The van der Waals surface area contributed by atoms with E-state index in [0.717, 1.165) is 51.4 Å². The molecule has 3 N–H and O–H groups in total. The summed E-state index contributed by atoms with van der Waals surface area (Å²) >= 11 is 0. The molecule has 3 unspecified atom stereocenters. The van der Waals surface area contributed by atoms with Gasteiger partial charge in [-0.1, -0.05) is 224 Å². The maximum atomic E-state index is 12.9. The number of hydrogen-bond acceptors (Lipinski definition) is 5. The summed E-state index contributed by atoms with van der Waals surface area (Å²) in [4.78, 5) is 23.2. The molecule has 0 heterocycles. The number of likely N-dealkylation sites (N-methyl/N-ethyl adjacent to an activating group) is 1. The van der Waals surface area contributed by atoms with Gasteiger partial charge in [0.15, 0.2) is 0 Å². The van der Waals surface area contributed by atoms with Crippen molar-refractivity contribution in [3.05, 3.63) is 24.3 Å². The predicted octanol–water partition coefficient (Wildman–Crippen LogP) is 15.3. The van der Waals surface area contributed by atoms with E-state index in [4.69, 9.17) is 9.05 Å². The highest BCUT2D eigenvalue weighted by molar-refractivity contribution is 7.47. The monoisotopic (exact) mass is 884 g/mol. The Morgan fingerprint density at radius 3 is 1.26 bits per heavy atom. The smallest absolute Gasteiger partial charge is 0.387 e. The molecule has 0 aliphatic rings. The SMILES string of the molecule is CCCCCCC/C=C\CCCCCCCC(=O)NC(COP(=O)(O)OCC[N+](C)(C)C)C(O)/C=C/CCCCCCCCCCCCCCCCCCCCCCCCC. The van der Waals surface area contributed by atoms with E-state index >= 15 is 0 Å². The normalized spacial score (nSPS) is 14.3. The van der Waals surface area contributed by atoms with E-state index in [1.54, 1.807) is 6.08 Å². The average molecular weight is 884 g/mol. The molecule has 61 heavy (non-hydrogen) atoms. The van der Waals surface area contributed by atoms with Gasteiger partial charge in [-0.3, -0.25) is 13.8 Å². The number of nitrogens with zero attached hydrogens (tertiary/aromatic N) is 1. The van der Waals surface area contributed by atoms with E-state index in [1.807, 2.05) is 27.2 Å². The molecule has 0 rings (SSSR count). The van der Waals surface area contributed by atoms with Crippen LogP contribution >= 0.6 is 7.82 Å². The lowest BCUT2D eigenvalue weighted by Gasteiger charge is -2.25. The Kier molecular flexibility index (Phi) is 43.5. The van der Waals surface area contributed by atoms with E-state index in [0.29, 0.717) is 17.4 Å². The second kappa shape index (κ2) is 44.2. The summed E-state index contributed by atoms with van der Waals surface area (Å²) in [6, 6.07) is -0.848. The largest absolute Gasteiger partial charge is 0.472 e. The predicted molar refractivity (Wildman–Crippen MR) is 263 cm³/mol. The lowest BCUT2D eigenvalue weighted by molar-refractivity contribution is -0.870. The molecule has 0 aromatic rings. The van der Waals surface area contributed by atoms with Crippen molar-refractivity contribution < 1.29 is 32.9 Å². The Labute approximate surface area is 379 Å². The standard InChI is InChI=1S/C52H103N2O6P/c1-6-8-10-12-14-16-18-20-22-23-24-25-26-27-28-29-30-31-32-33-35-37-39-41-43-45-51(55)50(49-60-61(57,58)59-48-47-54(3,4)5)53-52(56)46-44-42-40-38-36-34-21-19-17-15-13-11-9-7-2/h19,21,43,45,50-51,55H,6-18,20,22-42,44,46-49H2,1-5H3,(H-,53,56,57,58)/p+1/b21-19-,45-43+. The summed E-state index contributed by atoms with van der Waals surface area (Å²) in [7, 11) is 1.57. The van der Waals surface area contributed by atoms with Crippen LogP contribution in [0.2, 0.25) is 0 Å². The summed E-state index contributed by atoms with van der Waals surface area (Å²) in [5.74, 6) is -0.184. The van der Waals surface area contributed by atoms with Crippen LogP contribution in [0.25, 0.3) is 0 Å². The van der Waals surface area contributed by atoms with Crippen LogP contribution in [0.5, 0.6) is 0 Å². The van der Waals surface area contributed by atoms with Gasteiger partial charge in [-0.05, 0) is 44.9 Å². The number of quaternary nitrogens is 1. The maximum absolute atomic E-state index is 12.9. The maximum Gasteiger partial charge on any atom is 0.472 e. The molecule has 0 saturated heterocycles. The molecule has 362 valence electrons. The second-order valence-electron chi connectivity index (χ2n) is 19.3. The fourth-order valence-electron chi connectivity index (χ4n) is 7.74. The summed E-state index contributed by atoms with van der Waals surface area (Å²) in [6.07, 6.45) is 54.1. The van der Waals surface area contributed by atoms with Crippen LogP contribution in [0, 0.1) is 0 Å². The molecular formula is C52H104N2O6P+. The van der Waals surface area contributed by atoms with Crippen LogP contribution in [-0.4, -0.2) is 73.4 Å². The van der Waals surface area contributed by atoms with Gasteiger partial charge in [0, 0.05) is 6.42 Å². The number of carbonyl (C=O) groups excluding carboxylic acids is 1. The number of amides is 1. The van der Waals surface area contributed by atoms with Gasteiger partial charge in [-0.15, -0.1) is 0 Å². The first-order valence-electron chi connectivity index (χ1n) is 26.2. The van der Waals surface area contributed by atoms with E-state index in [-0.39, 0.29) is 19.1 Å². The summed E-state index contributed by atoms with van der Waals surface area (Å²) in [5, 5.41) is 13.9. The van der Waals surface area contributed by atoms with Gasteiger partial charge in [0.1, 0.15) is 13.2 Å². The summed E-state index contributed by atoms with van der Waals surface area (Å²) in [5.41, 5.74) is 0. The van der Waals surface area contributed by atoms with Gasteiger partial charge in [-0.2, -0.15) is 0 Å². The molecular weight excluding hydrogens is 780 g/mol. The molecule has 9 heteroatoms. The minimum Gasteiger partial charge on any atom is -0.387 e. The number of phosphoric acid groups is 1. The van der Waals surface area contributed by atoms with Gasteiger partial charge in [0.05, 0.1) is 39.9 Å². The number of rotatable bonds is 48. The van der Waals surface area contributed by atoms with Crippen molar-refractivity contribution in [3.8, 4) is 0 Å². The van der Waals surface area contributed by atoms with Crippen molar-refractivity contribution in [3.63, 3.8) is 0 Å². The molecule has 1 amide bonds. The average Bonchev–Trinajstić information content (AvgIpc) is 3.21. The Morgan fingerprint density at radius 2 is 0.885 bits per heavy atom. The first kappa shape index (κ1) is 60.0. The number of carbonyl (C=O) groups is 1. The molecule has 0 radical (unpaired) electrons. The molecule has 0 bridgehead atoms. The van der Waals surface area contributed by atoms with Gasteiger partial charge in [0.2, 0.25) is 5.91 Å². The number of unbranched alkanes of at least 4 members (excludes halogenated alkanes) is 33. The minimum atomic E-state index is -4.34. The highest BCUT2D eigenvalue weighted by Gasteiger charge is 2.27. The number of hydrogen-bond donors (Lipinski definition) is 3. The second-order valence-corrected chi connectivity index (χ2v) is 20.7. The minimum absolute atomic E-state index is 0.0612. The molecule has 0 aromatic carbocycles. The van der Waals surface area contributed by atoms with E-state index < -0.39 is 20.0 Å². The van der Waals surface area contributed by atoms with Crippen molar-refractivity contribution in [2.75, 3.05) is 40.9 Å². The first-order chi connectivity index (χ1) is 29.5. The van der Waals surface area contributed by atoms with Gasteiger partial charge in [0.25, 0.3) is 0 Å². The Morgan fingerprint density at radius 1 is 0.541 bits per heavy atom. The zero-order valence-corrected chi connectivity index (χ0v) is 42.1. The van der Waals surface area contributed by atoms with E-state index in [1.165, 1.54) is 180 Å². The third kappa shape index (κ3) is 46.8. The van der Waals surface area contributed by atoms with Crippen molar-refractivity contribution in [1.29, 1.82) is 0 Å².